The highest BCUT2D eigenvalue weighted by atomic mass is 32.7. The lowest BCUT2D eigenvalue weighted by Gasteiger charge is -1.71. The van der Waals surface area contributed by atoms with Gasteiger partial charge in [-0.05, 0) is 0 Å². The van der Waals surface area contributed by atoms with Crippen molar-refractivity contribution in [2.75, 3.05) is 0 Å². The molecule has 0 aliphatic carbocycles. The van der Waals surface area contributed by atoms with Crippen LogP contribution in [0, 0.1) is 0 Å². The summed E-state index contributed by atoms with van der Waals surface area (Å²) in [7, 11) is -0.0448. The van der Waals surface area contributed by atoms with E-state index in [1.165, 1.54) is 6.92 Å². The van der Waals surface area contributed by atoms with Crippen LogP contribution in [0.2, 0.25) is 0 Å². The normalized spacial score (nSPS) is 12.6. The van der Waals surface area contributed by atoms with E-state index >= 15 is 0 Å². The number of hydrogen-bond acceptors (Lipinski definition) is 2. The molecule has 0 saturated heterocycles. The van der Waals surface area contributed by atoms with Gasteiger partial charge in [0, 0.05) is 6.92 Å². The molecule has 0 heterocycles. The minimum absolute atomic E-state index is 0.0309. The van der Waals surface area contributed by atoms with Crippen molar-refractivity contribution in [3.63, 3.8) is 0 Å². The molecule has 0 radical (unpaired) electrons. The largest absolute Gasteiger partial charge is 0.287 e. The fourth-order valence-electron chi connectivity index (χ4n) is 0. The monoisotopic (exact) mass is 109 g/mol. The van der Waals surface area contributed by atoms with Gasteiger partial charge >= 0.3 is 0 Å². The smallest absolute Gasteiger partial charge is 0.189 e. The van der Waals surface area contributed by atoms with Crippen LogP contribution in [-0.4, -0.2) is 6.39 Å². The summed E-state index contributed by atoms with van der Waals surface area (Å²) in [5.74, 6) is 0. The predicted molar refractivity (Wildman–Crippen MR) is 28.0 cm³/mol. The third kappa shape index (κ3) is 4.45. The molecule has 0 bridgehead atoms. The molecule has 1 nitrogen and oxygen atoms in total. The first-order valence-corrected chi connectivity index (χ1v) is 3.15. The average molecular weight is 109 g/mol. The van der Waals surface area contributed by atoms with E-state index in [-0.39, 0.29) is 13.5 Å². The Bertz CT molecular complexity index is 57.5. The third-order valence-corrected chi connectivity index (χ3v) is 1.29. The van der Waals surface area contributed by atoms with Crippen LogP contribution in [0.25, 0.3) is 0 Å². The Labute approximate surface area is 38.7 Å². The first-order valence-electron chi connectivity index (χ1n) is 1.61. The zero-order valence-electron chi connectivity index (χ0n) is 3.82. The van der Waals surface area contributed by atoms with E-state index < -0.39 is 0 Å². The van der Waals surface area contributed by atoms with E-state index in [0.29, 0.717) is 0 Å². The molecule has 0 aliphatic rings. The Kier molecular flexibility index (Phi) is 1.94. The highest BCUT2D eigenvalue weighted by Crippen LogP contribution is 2.08. The summed E-state index contributed by atoms with van der Waals surface area (Å²) in [5.41, 5.74) is 0. The van der Waals surface area contributed by atoms with Crippen LogP contribution in [0.4, 0.5) is 0 Å². The summed E-state index contributed by atoms with van der Waals surface area (Å²) in [4.78, 5) is 9.89. The molecule has 0 amide bonds. The molecule has 30 valence electrons. The zero-order valence-corrected chi connectivity index (χ0v) is 4.63. The van der Waals surface area contributed by atoms with Crippen LogP contribution in [0.3, 0.4) is 0 Å². The van der Waals surface area contributed by atoms with Crippen LogP contribution in [0.15, 0.2) is 0 Å². The molecule has 0 fully saturated rings. The maximum Gasteiger partial charge on any atom is 0.189 e. The number of rotatable bonds is 1. The van der Waals surface area contributed by atoms with E-state index in [1.807, 2.05) is 0 Å². The Morgan fingerprint density at radius 1 is 2.40 bits per heavy atom. The second-order valence-electron chi connectivity index (χ2n) is 0.594. The van der Waals surface area contributed by atoms with Gasteiger partial charge in [0.2, 0.25) is 0 Å². The zero-order chi connectivity index (χ0) is 4.99. The average Bonchev–Trinajstić information content (AvgIpc) is 1.35. The number of hydrogen-bond donors (Lipinski definition) is 0. The van der Waals surface area contributed by atoms with Gasteiger partial charge in [-0.2, -0.15) is 0 Å². The van der Waals surface area contributed by atoms with Crippen molar-refractivity contribution >= 4 is 24.9 Å². The molecule has 0 aromatic carbocycles. The minimum atomic E-state index is -0.0448. The molecule has 1 unspecified atom stereocenters. The van der Waals surface area contributed by atoms with Crippen LogP contribution in [-0.2, 0) is 4.79 Å². The Balaban J connectivity index is 2.83. The SMILES string of the molecule is [2H]PSC(C)=O. The Hall–Kier alpha value is 0.450. The van der Waals surface area contributed by atoms with Gasteiger partial charge in [0.05, 0.1) is 1.28 Å². The summed E-state index contributed by atoms with van der Waals surface area (Å²) in [5, 5.41) is 0.0309. The molecular formula is C2H5OPS. The van der Waals surface area contributed by atoms with Gasteiger partial charge in [-0.3, -0.25) is 4.79 Å². The summed E-state index contributed by atoms with van der Waals surface area (Å²) >= 11 is 1.04. The van der Waals surface area contributed by atoms with Gasteiger partial charge in [0.1, 0.15) is 0 Å². The Morgan fingerprint density at radius 3 is 3.00 bits per heavy atom. The van der Waals surface area contributed by atoms with Crippen LogP contribution >= 0.6 is 19.8 Å². The van der Waals surface area contributed by atoms with Crippen molar-refractivity contribution in [2.24, 2.45) is 0 Å². The van der Waals surface area contributed by atoms with Crippen molar-refractivity contribution < 1.29 is 4.79 Å². The fraction of sp³-hybridized carbons (Fsp3) is 0.500. The van der Waals surface area contributed by atoms with Crippen molar-refractivity contribution in [3.05, 3.63) is 0 Å². The van der Waals surface area contributed by atoms with Gasteiger partial charge in [-0.25, -0.2) is 0 Å². The molecule has 1 atom stereocenters. The van der Waals surface area contributed by atoms with Crippen molar-refractivity contribution in [2.45, 2.75) is 6.92 Å². The first-order chi connectivity index (χ1) is 2.77. The molecule has 0 N–H and O–H groups in total. The highest BCUT2D eigenvalue weighted by molar-refractivity contribution is 8.52. The van der Waals surface area contributed by atoms with Gasteiger partial charge < -0.3 is 0 Å². The lowest BCUT2D eigenvalue weighted by Crippen LogP contribution is -1.67. The lowest BCUT2D eigenvalue weighted by atomic mass is 10.9. The van der Waals surface area contributed by atoms with E-state index in [1.54, 1.807) is 0 Å². The van der Waals surface area contributed by atoms with Gasteiger partial charge in [-0.15, -0.1) is 0 Å². The Morgan fingerprint density at radius 2 is 3.00 bits per heavy atom. The van der Waals surface area contributed by atoms with Crippen LogP contribution in [0.1, 0.15) is 6.92 Å². The van der Waals surface area contributed by atoms with E-state index in [9.17, 15) is 4.79 Å². The molecule has 0 aromatic heterocycles. The summed E-state index contributed by atoms with van der Waals surface area (Å²) in [6.07, 6.45) is 0. The molecule has 0 aromatic rings. The molecule has 0 rings (SSSR count). The van der Waals surface area contributed by atoms with Crippen molar-refractivity contribution in [3.8, 4) is 0 Å². The van der Waals surface area contributed by atoms with Crippen molar-refractivity contribution in [1.82, 2.24) is 0 Å². The van der Waals surface area contributed by atoms with E-state index in [4.69, 9.17) is 1.28 Å². The molecule has 0 spiro atoms. The summed E-state index contributed by atoms with van der Waals surface area (Å²) < 4.78 is 6.50. The topological polar surface area (TPSA) is 17.1 Å². The third-order valence-electron chi connectivity index (χ3n) is 0.144. The molecule has 0 saturated carbocycles. The first kappa shape index (κ1) is 3.63. The predicted octanol–water partition coefficient (Wildman–Crippen LogP) is 1.06. The fourth-order valence-corrected chi connectivity index (χ4v) is 0. The second kappa shape index (κ2) is 2.67. The number of carbonyl (C=O) groups is 1. The van der Waals surface area contributed by atoms with Crippen LogP contribution in [0.5, 0.6) is 0 Å². The maximum absolute atomic E-state index is 9.89. The summed E-state index contributed by atoms with van der Waals surface area (Å²) in [6.45, 7) is 1.46. The second-order valence-corrected chi connectivity index (χ2v) is 1.99. The van der Waals surface area contributed by atoms with E-state index in [0.717, 1.165) is 11.4 Å². The van der Waals surface area contributed by atoms with E-state index in [2.05, 4.69) is 0 Å². The minimum Gasteiger partial charge on any atom is -0.287 e. The molecule has 3 heteroatoms. The quantitative estimate of drug-likeness (QED) is 0.468. The summed E-state index contributed by atoms with van der Waals surface area (Å²) in [6, 6.07) is 0. The highest BCUT2D eigenvalue weighted by Gasteiger charge is 1.77. The number of carbonyl (C=O) groups excluding carboxylic acids is 1. The lowest BCUT2D eigenvalue weighted by molar-refractivity contribution is -0.109. The van der Waals surface area contributed by atoms with Crippen molar-refractivity contribution in [1.29, 1.82) is 1.28 Å². The van der Waals surface area contributed by atoms with Gasteiger partial charge in [-0.1, -0.05) is 19.8 Å². The molecule has 0 aliphatic heterocycles. The van der Waals surface area contributed by atoms with Crippen LogP contribution < -0.4 is 0 Å². The maximum atomic E-state index is 9.89. The van der Waals surface area contributed by atoms with Gasteiger partial charge in [0.25, 0.3) is 0 Å². The standard InChI is InChI=1S/C2H5OPS/c1-2(3)5-4/h4H2,1H3/i4D. The van der Waals surface area contributed by atoms with Gasteiger partial charge in [0.15, 0.2) is 5.12 Å². The molecule has 5 heavy (non-hydrogen) atoms. The molecular weight excluding hydrogens is 103 g/mol.